The van der Waals surface area contributed by atoms with Crippen LogP contribution >= 0.6 is 0 Å². The predicted molar refractivity (Wildman–Crippen MR) is 99.5 cm³/mol. The average Bonchev–Trinajstić information content (AvgIpc) is 3.11. The van der Waals surface area contributed by atoms with Crippen LogP contribution in [0.5, 0.6) is 5.75 Å². The van der Waals surface area contributed by atoms with Gasteiger partial charge in [0.05, 0.1) is 5.60 Å². The first-order valence-corrected chi connectivity index (χ1v) is 9.47. The molecule has 3 nitrogen and oxygen atoms in total. The molecule has 0 bridgehead atoms. The molecule has 1 saturated carbocycles. The fourth-order valence-corrected chi connectivity index (χ4v) is 4.83. The zero-order valence-electron chi connectivity index (χ0n) is 14.9. The molecule has 1 aliphatic heterocycles. The Morgan fingerprint density at radius 1 is 1.00 bits per heavy atom. The second-order valence-corrected chi connectivity index (χ2v) is 8.10. The van der Waals surface area contributed by atoms with Crippen molar-refractivity contribution >= 4 is 0 Å². The van der Waals surface area contributed by atoms with Crippen molar-refractivity contribution in [3.05, 3.63) is 65.5 Å². The first-order chi connectivity index (χ1) is 12.5. The minimum Gasteiger partial charge on any atom is -0.508 e. The van der Waals surface area contributed by atoms with Crippen LogP contribution in [0.25, 0.3) is 0 Å². The van der Waals surface area contributed by atoms with Gasteiger partial charge in [-0.2, -0.15) is 0 Å². The van der Waals surface area contributed by atoms with Gasteiger partial charge in [0.2, 0.25) is 0 Å². The van der Waals surface area contributed by atoms with E-state index in [0.29, 0.717) is 29.6 Å². The lowest BCUT2D eigenvalue weighted by atomic mass is 9.91. The molecule has 26 heavy (non-hydrogen) atoms. The third kappa shape index (κ3) is 3.76. The molecule has 138 valence electrons. The number of halogens is 1. The zero-order chi connectivity index (χ0) is 18.1. The van der Waals surface area contributed by atoms with Gasteiger partial charge in [-0.25, -0.2) is 4.39 Å². The number of rotatable bonds is 5. The third-order valence-electron chi connectivity index (χ3n) is 6.07. The van der Waals surface area contributed by atoms with Crippen molar-refractivity contribution in [2.75, 3.05) is 19.6 Å². The molecule has 0 aromatic heterocycles. The van der Waals surface area contributed by atoms with Gasteiger partial charge in [0.15, 0.2) is 0 Å². The van der Waals surface area contributed by atoms with Crippen LogP contribution in [0, 0.1) is 17.7 Å². The summed E-state index contributed by atoms with van der Waals surface area (Å²) < 4.78 is 13.9. The highest BCUT2D eigenvalue weighted by Gasteiger charge is 2.48. The number of nitrogens with zero attached hydrogens (tertiary/aromatic N) is 1. The maximum Gasteiger partial charge on any atom is 0.126 e. The van der Waals surface area contributed by atoms with Gasteiger partial charge in [0.25, 0.3) is 0 Å². The summed E-state index contributed by atoms with van der Waals surface area (Å²) in [5.74, 6) is 1.10. The number of hydrogen-bond donors (Lipinski definition) is 2. The van der Waals surface area contributed by atoms with E-state index >= 15 is 0 Å². The van der Waals surface area contributed by atoms with Gasteiger partial charge in [-0.15, -0.1) is 0 Å². The molecule has 1 saturated heterocycles. The SMILES string of the molecule is Oc1ccc(CCN2C[C@@H]3CC(O)(Cc4ccccc4F)C[C@@H]3C2)cc1. The smallest absolute Gasteiger partial charge is 0.126 e. The molecule has 2 fully saturated rings. The molecule has 2 aliphatic rings. The predicted octanol–water partition coefficient (Wildman–Crippen LogP) is 3.39. The zero-order valence-corrected chi connectivity index (χ0v) is 14.9. The molecule has 0 spiro atoms. The van der Waals surface area contributed by atoms with Crippen molar-refractivity contribution < 1.29 is 14.6 Å². The molecule has 3 atom stereocenters. The van der Waals surface area contributed by atoms with Crippen molar-refractivity contribution in [3.63, 3.8) is 0 Å². The van der Waals surface area contributed by atoms with Crippen molar-refractivity contribution in [1.82, 2.24) is 4.90 Å². The summed E-state index contributed by atoms with van der Waals surface area (Å²) in [6, 6.07) is 14.2. The molecule has 0 radical (unpaired) electrons. The number of aliphatic hydroxyl groups is 1. The van der Waals surface area contributed by atoms with Crippen molar-refractivity contribution in [2.24, 2.45) is 11.8 Å². The second kappa shape index (κ2) is 7.01. The molecular weight excluding hydrogens is 329 g/mol. The van der Waals surface area contributed by atoms with E-state index < -0.39 is 5.60 Å². The summed E-state index contributed by atoms with van der Waals surface area (Å²) in [4.78, 5) is 2.48. The lowest BCUT2D eigenvalue weighted by Gasteiger charge is -2.26. The summed E-state index contributed by atoms with van der Waals surface area (Å²) in [7, 11) is 0. The van der Waals surface area contributed by atoms with Crippen molar-refractivity contribution in [1.29, 1.82) is 0 Å². The van der Waals surface area contributed by atoms with Crippen LogP contribution < -0.4 is 0 Å². The standard InChI is InChI=1S/C22H26FNO2/c23-21-4-2-1-3-17(21)11-22(26)12-18-14-24(15-19(18)13-22)10-9-16-5-7-20(25)8-6-16/h1-8,18-19,25-26H,9-15H2/t18-,19+,22?. The van der Waals surface area contributed by atoms with E-state index in [-0.39, 0.29) is 5.82 Å². The summed E-state index contributed by atoms with van der Waals surface area (Å²) in [5.41, 5.74) is 1.09. The molecule has 4 heteroatoms. The average molecular weight is 355 g/mol. The van der Waals surface area contributed by atoms with Crippen molar-refractivity contribution in [2.45, 2.75) is 31.3 Å². The van der Waals surface area contributed by atoms with E-state index in [0.717, 1.165) is 38.9 Å². The third-order valence-corrected chi connectivity index (χ3v) is 6.07. The first kappa shape index (κ1) is 17.5. The Labute approximate surface area is 154 Å². The molecule has 2 aromatic carbocycles. The number of aromatic hydroxyl groups is 1. The number of phenols is 1. The highest BCUT2D eigenvalue weighted by molar-refractivity contribution is 5.26. The highest BCUT2D eigenvalue weighted by atomic mass is 19.1. The van der Waals surface area contributed by atoms with E-state index in [9.17, 15) is 14.6 Å². The molecule has 4 rings (SSSR count). The highest BCUT2D eigenvalue weighted by Crippen LogP contribution is 2.45. The largest absolute Gasteiger partial charge is 0.508 e. The molecule has 1 heterocycles. The van der Waals surface area contributed by atoms with Gasteiger partial charge >= 0.3 is 0 Å². The summed E-state index contributed by atoms with van der Waals surface area (Å²) in [6.07, 6.45) is 2.92. The lowest BCUT2D eigenvalue weighted by molar-refractivity contribution is 0.0347. The van der Waals surface area contributed by atoms with E-state index in [1.807, 2.05) is 18.2 Å². The van der Waals surface area contributed by atoms with Gasteiger partial charge in [0, 0.05) is 26.1 Å². The summed E-state index contributed by atoms with van der Waals surface area (Å²) >= 11 is 0. The Bertz CT molecular complexity index is 747. The van der Waals surface area contributed by atoms with Gasteiger partial charge in [-0.1, -0.05) is 30.3 Å². The minimum atomic E-state index is -0.763. The van der Waals surface area contributed by atoms with Crippen LogP contribution in [0.1, 0.15) is 24.0 Å². The van der Waals surface area contributed by atoms with E-state index in [4.69, 9.17) is 0 Å². The lowest BCUT2D eigenvalue weighted by Crippen LogP contribution is -2.33. The normalized spacial score (nSPS) is 28.4. The number of likely N-dealkylation sites (tertiary alicyclic amines) is 1. The van der Waals surface area contributed by atoms with Gasteiger partial charge in [-0.3, -0.25) is 0 Å². The number of fused-ring (bicyclic) bond motifs is 1. The number of benzene rings is 2. The maximum atomic E-state index is 13.9. The van der Waals surface area contributed by atoms with Gasteiger partial charge < -0.3 is 15.1 Å². The molecule has 1 unspecified atom stereocenters. The van der Waals surface area contributed by atoms with E-state index in [1.54, 1.807) is 24.3 Å². The van der Waals surface area contributed by atoms with Crippen LogP contribution in [0.2, 0.25) is 0 Å². The Kier molecular flexibility index (Phi) is 4.72. The molecule has 1 aliphatic carbocycles. The topological polar surface area (TPSA) is 43.7 Å². The molecule has 2 N–H and O–H groups in total. The van der Waals surface area contributed by atoms with Gasteiger partial charge in [0.1, 0.15) is 11.6 Å². The Balaban J connectivity index is 1.31. The monoisotopic (exact) mass is 355 g/mol. The Morgan fingerprint density at radius 3 is 2.31 bits per heavy atom. The summed E-state index contributed by atoms with van der Waals surface area (Å²) in [5, 5.41) is 20.3. The number of hydrogen-bond acceptors (Lipinski definition) is 3. The van der Waals surface area contributed by atoms with Crippen LogP contribution in [0.3, 0.4) is 0 Å². The molecule has 0 amide bonds. The fraction of sp³-hybridized carbons (Fsp3) is 0.455. The van der Waals surface area contributed by atoms with Crippen LogP contribution in [-0.2, 0) is 12.8 Å². The number of phenolic OH excluding ortho intramolecular Hbond substituents is 1. The van der Waals surface area contributed by atoms with Gasteiger partial charge in [-0.05, 0) is 60.4 Å². The van der Waals surface area contributed by atoms with Crippen molar-refractivity contribution in [3.8, 4) is 5.75 Å². The molecule has 2 aromatic rings. The Hall–Kier alpha value is -1.91. The van der Waals surface area contributed by atoms with E-state index in [1.165, 1.54) is 11.6 Å². The molecular formula is C22H26FNO2. The second-order valence-electron chi connectivity index (χ2n) is 8.10. The van der Waals surface area contributed by atoms with E-state index in [2.05, 4.69) is 4.90 Å². The quantitative estimate of drug-likeness (QED) is 0.864. The van der Waals surface area contributed by atoms with Crippen LogP contribution in [0.4, 0.5) is 4.39 Å². The fourth-order valence-electron chi connectivity index (χ4n) is 4.83. The minimum absolute atomic E-state index is 0.214. The van der Waals surface area contributed by atoms with Crippen LogP contribution in [-0.4, -0.2) is 40.3 Å². The maximum absolute atomic E-state index is 13.9. The first-order valence-electron chi connectivity index (χ1n) is 9.47. The van der Waals surface area contributed by atoms with Crippen LogP contribution in [0.15, 0.2) is 48.5 Å². The summed E-state index contributed by atoms with van der Waals surface area (Å²) in [6.45, 7) is 3.04. The Morgan fingerprint density at radius 2 is 1.65 bits per heavy atom.